The normalized spacial score (nSPS) is 12.8. The van der Waals surface area contributed by atoms with Gasteiger partial charge < -0.3 is 11.1 Å². The van der Waals surface area contributed by atoms with Crippen molar-refractivity contribution < 1.29 is 4.79 Å². The van der Waals surface area contributed by atoms with Crippen LogP contribution in [-0.4, -0.2) is 17.0 Å². The molecule has 3 nitrogen and oxygen atoms in total. The first-order valence-corrected chi connectivity index (χ1v) is 2.99. The van der Waals surface area contributed by atoms with Crippen LogP contribution in [0.5, 0.6) is 0 Å². The summed E-state index contributed by atoms with van der Waals surface area (Å²) in [6, 6.07) is -0.906. The van der Waals surface area contributed by atoms with Gasteiger partial charge in [-0.15, -0.1) is 0 Å². The molecule has 0 aliphatic heterocycles. The summed E-state index contributed by atoms with van der Waals surface area (Å²) < 4.78 is 0. The molecule has 0 aromatic heterocycles. The van der Waals surface area contributed by atoms with Crippen LogP contribution in [0.3, 0.4) is 0 Å². The molecule has 0 spiro atoms. The number of hydrogen-bond donors (Lipinski definition) is 2. The molecule has 0 fully saturated rings. The van der Waals surface area contributed by atoms with Gasteiger partial charge in [-0.05, 0) is 18.0 Å². The molecule has 0 aromatic rings. The highest BCUT2D eigenvalue weighted by atomic mass is 35.5. The lowest BCUT2D eigenvalue weighted by atomic mass is 10.2. The molecule has 52 valence electrons. The van der Waals surface area contributed by atoms with Crippen molar-refractivity contribution in [3.8, 4) is 0 Å². The zero-order valence-electron chi connectivity index (χ0n) is 5.15. The van der Waals surface area contributed by atoms with Gasteiger partial charge in [0.15, 0.2) is 0 Å². The van der Waals surface area contributed by atoms with Crippen LogP contribution in [0.4, 0.5) is 0 Å². The molecule has 0 aromatic carbocycles. The van der Waals surface area contributed by atoms with Crippen LogP contribution in [-0.2, 0) is 4.79 Å². The van der Waals surface area contributed by atoms with Crippen molar-refractivity contribution in [2.75, 3.05) is 0 Å². The summed E-state index contributed by atoms with van der Waals surface area (Å²) in [6.07, 6.45) is 0.472. The lowest BCUT2D eigenvalue weighted by Gasteiger charge is -2.03. The van der Waals surface area contributed by atoms with Gasteiger partial charge >= 0.3 is 0 Å². The Balaban J connectivity index is 3.88. The van der Waals surface area contributed by atoms with E-state index >= 15 is 0 Å². The molecule has 0 rings (SSSR count). The average Bonchev–Trinajstić information content (AvgIpc) is 1.84. The minimum Gasteiger partial charge on any atom is -0.316 e. The molecular formula is C5H9ClN2O. The number of rotatable bonds is 3. The topological polar surface area (TPSA) is 66.9 Å². The van der Waals surface area contributed by atoms with Gasteiger partial charge in [-0.2, -0.15) is 0 Å². The number of nitrogens with two attached hydrogens (primary N) is 1. The summed E-state index contributed by atoms with van der Waals surface area (Å²) in [5.41, 5.74) is 5.34. The van der Waals surface area contributed by atoms with Crippen LogP contribution in [0.1, 0.15) is 13.3 Å². The van der Waals surface area contributed by atoms with Crippen LogP contribution in [0.2, 0.25) is 0 Å². The standard InChI is InChI=1S/C5H9ClN2O/c1-2-3(7)4(8)5(6)9/h4,7H,2,8H2,1H3. The first-order valence-electron chi connectivity index (χ1n) is 2.61. The second kappa shape index (κ2) is 3.58. The summed E-state index contributed by atoms with van der Waals surface area (Å²) >= 11 is 5.00. The van der Waals surface area contributed by atoms with Gasteiger partial charge in [-0.3, -0.25) is 4.79 Å². The van der Waals surface area contributed by atoms with E-state index in [2.05, 4.69) is 0 Å². The van der Waals surface area contributed by atoms with Gasteiger partial charge in [-0.1, -0.05) is 6.92 Å². The average molecular weight is 149 g/mol. The van der Waals surface area contributed by atoms with Crippen molar-refractivity contribution in [3.63, 3.8) is 0 Å². The third kappa shape index (κ3) is 2.58. The second-order valence-corrected chi connectivity index (χ2v) is 2.03. The molecule has 0 bridgehead atoms. The van der Waals surface area contributed by atoms with Crippen LogP contribution >= 0.6 is 11.6 Å². The lowest BCUT2D eigenvalue weighted by Crippen LogP contribution is -2.34. The molecule has 1 atom stereocenters. The van der Waals surface area contributed by atoms with Gasteiger partial charge in [0.2, 0.25) is 5.24 Å². The monoisotopic (exact) mass is 148 g/mol. The van der Waals surface area contributed by atoms with Crippen LogP contribution in [0.15, 0.2) is 0 Å². The minimum atomic E-state index is -0.906. The molecule has 0 aliphatic carbocycles. The molecule has 9 heavy (non-hydrogen) atoms. The zero-order valence-corrected chi connectivity index (χ0v) is 5.90. The molecule has 1 unspecified atom stereocenters. The fourth-order valence-corrected chi connectivity index (χ4v) is 0.489. The maximum absolute atomic E-state index is 10.2. The zero-order chi connectivity index (χ0) is 7.44. The van der Waals surface area contributed by atoms with Crippen molar-refractivity contribution in [2.24, 2.45) is 5.73 Å². The molecule has 0 heterocycles. The van der Waals surface area contributed by atoms with Gasteiger partial charge in [-0.25, -0.2) is 0 Å². The maximum atomic E-state index is 10.2. The summed E-state index contributed by atoms with van der Waals surface area (Å²) in [6.45, 7) is 1.75. The highest BCUT2D eigenvalue weighted by Crippen LogP contribution is 1.92. The predicted molar refractivity (Wildman–Crippen MR) is 36.9 cm³/mol. The number of hydrogen-bond acceptors (Lipinski definition) is 3. The van der Waals surface area contributed by atoms with Crippen molar-refractivity contribution in [3.05, 3.63) is 0 Å². The van der Waals surface area contributed by atoms with Gasteiger partial charge in [0.25, 0.3) is 0 Å². The molecule has 4 heteroatoms. The lowest BCUT2D eigenvalue weighted by molar-refractivity contribution is -0.111. The molecule has 0 saturated heterocycles. The van der Waals surface area contributed by atoms with E-state index in [1.807, 2.05) is 0 Å². The Labute approximate surface area is 58.7 Å². The summed E-state index contributed by atoms with van der Waals surface area (Å²) in [7, 11) is 0. The van der Waals surface area contributed by atoms with Crippen molar-refractivity contribution in [1.82, 2.24) is 0 Å². The summed E-state index contributed by atoms with van der Waals surface area (Å²) in [4.78, 5) is 10.2. The highest BCUT2D eigenvalue weighted by molar-refractivity contribution is 6.66. The second-order valence-electron chi connectivity index (χ2n) is 1.66. The maximum Gasteiger partial charge on any atom is 0.244 e. The fraction of sp³-hybridized carbons (Fsp3) is 0.600. The van der Waals surface area contributed by atoms with Gasteiger partial charge in [0.05, 0.1) is 0 Å². The fourth-order valence-electron chi connectivity index (χ4n) is 0.357. The third-order valence-electron chi connectivity index (χ3n) is 1.00. The molecule has 0 aliphatic rings. The van der Waals surface area contributed by atoms with E-state index < -0.39 is 11.3 Å². The third-order valence-corrected chi connectivity index (χ3v) is 1.24. The largest absolute Gasteiger partial charge is 0.316 e. The van der Waals surface area contributed by atoms with Crippen molar-refractivity contribution in [2.45, 2.75) is 19.4 Å². The molecule has 0 amide bonds. The highest BCUT2D eigenvalue weighted by Gasteiger charge is 2.13. The minimum absolute atomic E-state index is 0.176. The van der Waals surface area contributed by atoms with Crippen LogP contribution in [0.25, 0.3) is 0 Å². The Bertz CT molecular complexity index is 135. The Kier molecular flexibility index (Phi) is 3.42. The Morgan fingerprint density at radius 2 is 2.33 bits per heavy atom. The summed E-state index contributed by atoms with van der Waals surface area (Å²) in [5, 5.41) is 6.38. The SMILES string of the molecule is CCC(=N)C(N)C(=O)Cl. The number of nitrogens with one attached hydrogen (secondary N) is 1. The van der Waals surface area contributed by atoms with E-state index in [0.717, 1.165) is 0 Å². The van der Waals surface area contributed by atoms with Crippen LogP contribution in [0, 0.1) is 5.41 Å². The summed E-state index contributed by atoms with van der Waals surface area (Å²) in [5.74, 6) is 0. The van der Waals surface area contributed by atoms with Gasteiger partial charge in [0, 0.05) is 5.71 Å². The smallest absolute Gasteiger partial charge is 0.244 e. The number of halogens is 1. The van der Waals surface area contributed by atoms with E-state index in [1.54, 1.807) is 6.92 Å². The van der Waals surface area contributed by atoms with E-state index in [4.69, 9.17) is 22.7 Å². The number of carbonyl (C=O) groups is 1. The molecular weight excluding hydrogens is 140 g/mol. The predicted octanol–water partition coefficient (Wildman–Crippen LogP) is 0.509. The first kappa shape index (κ1) is 8.59. The van der Waals surface area contributed by atoms with E-state index in [1.165, 1.54) is 0 Å². The molecule has 3 N–H and O–H groups in total. The van der Waals surface area contributed by atoms with E-state index in [0.29, 0.717) is 6.42 Å². The van der Waals surface area contributed by atoms with E-state index in [-0.39, 0.29) is 5.71 Å². The Morgan fingerprint density at radius 1 is 1.89 bits per heavy atom. The van der Waals surface area contributed by atoms with Crippen LogP contribution < -0.4 is 5.73 Å². The quantitative estimate of drug-likeness (QED) is 0.452. The molecule has 0 radical (unpaired) electrons. The molecule has 0 saturated carbocycles. The van der Waals surface area contributed by atoms with E-state index in [9.17, 15) is 4.79 Å². The van der Waals surface area contributed by atoms with Crippen molar-refractivity contribution >= 4 is 22.6 Å². The van der Waals surface area contributed by atoms with Crippen molar-refractivity contribution in [1.29, 1.82) is 5.41 Å². The van der Waals surface area contributed by atoms with Gasteiger partial charge in [0.1, 0.15) is 6.04 Å². The Hall–Kier alpha value is -0.410. The number of carbonyl (C=O) groups excluding carboxylic acids is 1. The Morgan fingerprint density at radius 3 is 2.44 bits per heavy atom. The first-order chi connectivity index (χ1) is 4.09.